The van der Waals surface area contributed by atoms with Gasteiger partial charge in [0.2, 0.25) is 0 Å². The van der Waals surface area contributed by atoms with Crippen LogP contribution in [0.2, 0.25) is 0 Å². The number of hydrogen-bond donors (Lipinski definition) is 0. The van der Waals surface area contributed by atoms with Gasteiger partial charge in [-0.1, -0.05) is 0 Å². The van der Waals surface area contributed by atoms with E-state index < -0.39 is 0 Å². The number of thiocarbonyl (C=S) groups is 1. The van der Waals surface area contributed by atoms with E-state index in [0.29, 0.717) is 0 Å². The Morgan fingerprint density at radius 3 is 2.00 bits per heavy atom. The summed E-state index contributed by atoms with van der Waals surface area (Å²) in [5.41, 5.74) is 0. The molecule has 1 nitrogen and oxygen atoms in total. The second-order valence-corrected chi connectivity index (χ2v) is 7.13. The maximum absolute atomic E-state index is 5.10. The van der Waals surface area contributed by atoms with Crippen molar-refractivity contribution in [2.75, 3.05) is 13.1 Å². The van der Waals surface area contributed by atoms with Crippen LogP contribution in [-0.2, 0) is 19.8 Å². The fourth-order valence-electron chi connectivity index (χ4n) is 0.977. The third-order valence-electron chi connectivity index (χ3n) is 1.73. The molecule has 0 amide bonds. The van der Waals surface area contributed by atoms with E-state index in [-0.39, 0.29) is 0 Å². The molecule has 0 heterocycles. The second-order valence-electron chi connectivity index (χ2n) is 2.98. The van der Waals surface area contributed by atoms with E-state index in [1.165, 1.54) is 38.8 Å². The first-order chi connectivity index (χ1) is 6.20. The molecule has 4 heteroatoms. The minimum absolute atomic E-state index is 1.04. The van der Waals surface area contributed by atoms with Gasteiger partial charge in [-0.25, -0.2) is 0 Å². The summed E-state index contributed by atoms with van der Waals surface area (Å²) in [6.07, 6.45) is 5.09. The zero-order chi connectivity index (χ0) is 10.1. The van der Waals surface area contributed by atoms with Crippen molar-refractivity contribution in [3.8, 4) is 0 Å². The normalized spacial score (nSPS) is 10.7. The summed E-state index contributed by atoms with van der Waals surface area (Å²) in [5.74, 6) is 0. The third kappa shape index (κ3) is 9.39. The van der Waals surface area contributed by atoms with Crippen molar-refractivity contribution >= 4 is 26.8 Å². The molecule has 0 radical (unpaired) electrons. The van der Waals surface area contributed by atoms with Crippen LogP contribution in [0.15, 0.2) is 0 Å². The van der Waals surface area contributed by atoms with Gasteiger partial charge in [0.05, 0.1) is 0 Å². The molecule has 13 heavy (non-hydrogen) atoms. The van der Waals surface area contributed by atoms with Gasteiger partial charge >= 0.3 is 103 Å². The summed E-state index contributed by atoms with van der Waals surface area (Å²) in [6.45, 7) is 6.81. The van der Waals surface area contributed by atoms with Gasteiger partial charge in [-0.2, -0.15) is 0 Å². The molecule has 0 aliphatic rings. The Hall–Kier alpha value is 1.09. The van der Waals surface area contributed by atoms with Gasteiger partial charge in [-0.05, 0) is 0 Å². The topological polar surface area (TPSA) is 3.24 Å². The predicted octanol–water partition coefficient (Wildman–Crippen LogP) is 3.37. The zero-order valence-corrected chi connectivity index (χ0v) is 12.1. The van der Waals surface area contributed by atoms with E-state index in [4.69, 9.17) is 12.2 Å². The number of hydrogen-bond acceptors (Lipinski definition) is 3. The van der Waals surface area contributed by atoms with Crippen LogP contribution in [0.3, 0.4) is 0 Å². The molecule has 0 bridgehead atoms. The standard InChI is InChI=1S/C9H18NS2.Mo/c1-3-5-7-10(12-9-11)8-6-4-2;/h3-8H2,1-2H3;. The maximum atomic E-state index is 5.10. The fraction of sp³-hybridized carbons (Fsp3) is 0.889. The van der Waals surface area contributed by atoms with Crippen LogP contribution >= 0.6 is 24.2 Å². The van der Waals surface area contributed by atoms with Crippen LogP contribution in [0, 0.1) is 0 Å². The Kier molecular flexibility index (Phi) is 10.4. The van der Waals surface area contributed by atoms with Gasteiger partial charge < -0.3 is 0 Å². The van der Waals surface area contributed by atoms with E-state index in [1.807, 2.05) is 19.8 Å². The molecule has 0 aliphatic carbocycles. The van der Waals surface area contributed by atoms with Crippen LogP contribution < -0.4 is 0 Å². The molecule has 0 saturated heterocycles. The molecule has 77 valence electrons. The average molecular weight is 300 g/mol. The van der Waals surface area contributed by atoms with E-state index >= 15 is 0 Å². The molecule has 0 atom stereocenters. The molecule has 0 aromatic heterocycles. The molecule has 0 unspecified atom stereocenters. The Bertz CT molecular complexity index is 134. The van der Waals surface area contributed by atoms with E-state index in [2.05, 4.69) is 18.2 Å². The van der Waals surface area contributed by atoms with Gasteiger partial charge in [0.25, 0.3) is 0 Å². The van der Waals surface area contributed by atoms with Crippen molar-refractivity contribution in [3.05, 3.63) is 0 Å². The molecule has 0 aliphatic heterocycles. The summed E-state index contributed by atoms with van der Waals surface area (Å²) < 4.78 is 3.45. The summed E-state index contributed by atoms with van der Waals surface area (Å²) in [6, 6.07) is 0. The zero-order valence-electron chi connectivity index (χ0n) is 8.41. The number of unbranched alkanes of at least 4 members (excludes halogenated alkanes) is 2. The van der Waals surface area contributed by atoms with Crippen molar-refractivity contribution < 1.29 is 19.8 Å². The average Bonchev–Trinajstić information content (AvgIpc) is 2.09. The molecule has 0 aromatic carbocycles. The molecule has 0 N–H and O–H groups in total. The predicted molar refractivity (Wildman–Crippen MR) is 61.6 cm³/mol. The Balaban J connectivity index is 3.66. The Morgan fingerprint density at radius 1 is 1.23 bits per heavy atom. The first-order valence-corrected chi connectivity index (χ1v) is 7.03. The molecular weight excluding hydrogens is 282 g/mol. The number of nitrogens with zero attached hydrogens (tertiary/aromatic N) is 1. The molecular formula is C9H18MoNS2. The molecule has 0 rings (SSSR count). The third-order valence-corrected chi connectivity index (χ3v) is 3.27. The van der Waals surface area contributed by atoms with Crippen LogP contribution in [0.5, 0.6) is 0 Å². The van der Waals surface area contributed by atoms with E-state index in [9.17, 15) is 0 Å². The van der Waals surface area contributed by atoms with Gasteiger partial charge in [-0.3, -0.25) is 0 Å². The molecule has 0 spiro atoms. The molecule has 0 fully saturated rings. The van der Waals surface area contributed by atoms with Gasteiger partial charge in [0, 0.05) is 0 Å². The van der Waals surface area contributed by atoms with E-state index in [1.54, 1.807) is 11.9 Å². The first kappa shape index (κ1) is 14.1. The van der Waals surface area contributed by atoms with Crippen molar-refractivity contribution in [1.82, 2.24) is 4.31 Å². The van der Waals surface area contributed by atoms with E-state index in [0.717, 1.165) is 2.59 Å². The fourth-order valence-corrected chi connectivity index (χ4v) is 2.72. The monoisotopic (exact) mass is 302 g/mol. The Morgan fingerprint density at radius 2 is 1.69 bits per heavy atom. The van der Waals surface area contributed by atoms with Crippen LogP contribution in [0.4, 0.5) is 0 Å². The van der Waals surface area contributed by atoms with Crippen LogP contribution in [0.1, 0.15) is 39.5 Å². The summed E-state index contributed by atoms with van der Waals surface area (Å²) in [7, 11) is 0. The van der Waals surface area contributed by atoms with Crippen molar-refractivity contribution in [2.45, 2.75) is 39.5 Å². The molecule has 0 saturated carbocycles. The minimum atomic E-state index is 1.04. The quantitative estimate of drug-likeness (QED) is 0.403. The van der Waals surface area contributed by atoms with Crippen LogP contribution in [-0.4, -0.2) is 20.0 Å². The SMILES string of the molecule is CCCCN(CCCC)S[C](=S)[Mo]. The number of rotatable bonds is 7. The van der Waals surface area contributed by atoms with Gasteiger partial charge in [-0.15, -0.1) is 0 Å². The summed E-state index contributed by atoms with van der Waals surface area (Å²) >= 11 is 8.78. The van der Waals surface area contributed by atoms with Gasteiger partial charge in [0.1, 0.15) is 0 Å². The molecule has 0 aromatic rings. The summed E-state index contributed by atoms with van der Waals surface area (Å²) in [4.78, 5) is 0. The van der Waals surface area contributed by atoms with Gasteiger partial charge in [0.15, 0.2) is 0 Å². The van der Waals surface area contributed by atoms with Crippen molar-refractivity contribution in [1.29, 1.82) is 0 Å². The van der Waals surface area contributed by atoms with Crippen LogP contribution in [0.25, 0.3) is 0 Å². The van der Waals surface area contributed by atoms with Crippen molar-refractivity contribution in [3.63, 3.8) is 0 Å². The van der Waals surface area contributed by atoms with Crippen molar-refractivity contribution in [2.24, 2.45) is 0 Å². The second kappa shape index (κ2) is 9.64. The summed E-state index contributed by atoms with van der Waals surface area (Å²) in [5, 5.41) is 0. The Labute approximate surface area is 103 Å². The first-order valence-electron chi connectivity index (χ1n) is 4.84.